The van der Waals surface area contributed by atoms with E-state index in [1.54, 1.807) is 17.0 Å². The maximum atomic E-state index is 13.7. The first-order valence-electron chi connectivity index (χ1n) is 5.88. The van der Waals surface area contributed by atoms with Crippen LogP contribution in [0.1, 0.15) is 10.4 Å². The Hall–Kier alpha value is -2.26. The van der Waals surface area contributed by atoms with Crippen LogP contribution >= 0.6 is 0 Å². The molecule has 0 aliphatic heterocycles. The molecule has 2 N–H and O–H groups in total. The molecule has 0 spiro atoms. The van der Waals surface area contributed by atoms with Crippen LogP contribution in [0.3, 0.4) is 0 Å². The quantitative estimate of drug-likeness (QED) is 0.817. The lowest BCUT2D eigenvalue weighted by atomic mass is 10.2. The lowest BCUT2D eigenvalue weighted by molar-refractivity contribution is 0.0696. The highest BCUT2D eigenvalue weighted by Crippen LogP contribution is 2.16. The van der Waals surface area contributed by atoms with Crippen LogP contribution in [0.15, 0.2) is 41.8 Å². The standard InChI is InChI=1S/C12H12FN3O4S/c13-10-7-9(12(17)18)1-2-11(10)21(19,20)15-4-6-16-5-3-14-8-16/h1-3,5,7-8,15H,4,6H2,(H,17,18). The zero-order valence-electron chi connectivity index (χ0n) is 10.7. The first kappa shape index (κ1) is 15.1. The van der Waals surface area contributed by atoms with Crippen molar-refractivity contribution in [1.29, 1.82) is 0 Å². The molecule has 0 bridgehead atoms. The molecule has 9 heteroatoms. The minimum absolute atomic E-state index is 0.0544. The summed E-state index contributed by atoms with van der Waals surface area (Å²) in [7, 11) is -4.04. The minimum Gasteiger partial charge on any atom is -0.478 e. The van der Waals surface area contributed by atoms with E-state index in [2.05, 4.69) is 9.71 Å². The number of hydrogen-bond donors (Lipinski definition) is 2. The first-order valence-corrected chi connectivity index (χ1v) is 7.37. The van der Waals surface area contributed by atoms with Crippen molar-refractivity contribution in [3.8, 4) is 0 Å². The van der Waals surface area contributed by atoms with Crippen LogP contribution in [0, 0.1) is 5.82 Å². The van der Waals surface area contributed by atoms with Crippen LogP contribution in [-0.2, 0) is 16.6 Å². The van der Waals surface area contributed by atoms with Gasteiger partial charge in [0.15, 0.2) is 0 Å². The van der Waals surface area contributed by atoms with Crippen molar-refractivity contribution in [3.63, 3.8) is 0 Å². The number of rotatable bonds is 6. The summed E-state index contributed by atoms with van der Waals surface area (Å²) in [5.41, 5.74) is -0.315. The average molecular weight is 313 g/mol. The van der Waals surface area contributed by atoms with E-state index in [9.17, 15) is 17.6 Å². The molecule has 0 amide bonds. The molecule has 0 saturated carbocycles. The number of carbonyl (C=O) groups is 1. The Balaban J connectivity index is 2.10. The fourth-order valence-corrected chi connectivity index (χ4v) is 2.74. The molecule has 0 aliphatic rings. The summed E-state index contributed by atoms with van der Waals surface area (Å²) in [5, 5.41) is 8.71. The van der Waals surface area contributed by atoms with Crippen LogP contribution in [0.25, 0.3) is 0 Å². The van der Waals surface area contributed by atoms with Gasteiger partial charge in [-0.15, -0.1) is 0 Å². The van der Waals surface area contributed by atoms with Crippen molar-refractivity contribution in [1.82, 2.24) is 14.3 Å². The number of nitrogens with zero attached hydrogens (tertiary/aromatic N) is 2. The number of carboxylic acid groups (broad SMARTS) is 1. The second-order valence-corrected chi connectivity index (χ2v) is 5.88. The number of nitrogens with one attached hydrogen (secondary N) is 1. The van der Waals surface area contributed by atoms with Gasteiger partial charge in [0.2, 0.25) is 10.0 Å². The van der Waals surface area contributed by atoms with Gasteiger partial charge in [-0.1, -0.05) is 0 Å². The van der Waals surface area contributed by atoms with Gasteiger partial charge in [-0.3, -0.25) is 0 Å². The van der Waals surface area contributed by atoms with Gasteiger partial charge >= 0.3 is 5.97 Å². The first-order chi connectivity index (χ1) is 9.90. The van der Waals surface area contributed by atoms with E-state index in [-0.39, 0.29) is 12.1 Å². The van der Waals surface area contributed by atoms with Gasteiger partial charge in [0.1, 0.15) is 10.7 Å². The van der Waals surface area contributed by atoms with Crippen LogP contribution in [0.5, 0.6) is 0 Å². The largest absolute Gasteiger partial charge is 0.478 e. The van der Waals surface area contributed by atoms with Crippen LogP contribution in [0.4, 0.5) is 4.39 Å². The Morgan fingerprint density at radius 1 is 1.43 bits per heavy atom. The smallest absolute Gasteiger partial charge is 0.335 e. The summed E-state index contributed by atoms with van der Waals surface area (Å²) in [6.45, 7) is 0.396. The number of sulfonamides is 1. The number of benzene rings is 1. The summed E-state index contributed by atoms with van der Waals surface area (Å²) in [5.74, 6) is -2.43. The van der Waals surface area contributed by atoms with Crippen molar-refractivity contribution in [2.24, 2.45) is 0 Å². The molecule has 1 aromatic carbocycles. The molecule has 0 fully saturated rings. The number of aromatic carboxylic acids is 1. The molecule has 2 aromatic rings. The molecule has 1 heterocycles. The third-order valence-electron chi connectivity index (χ3n) is 2.69. The molecule has 1 aromatic heterocycles. The van der Waals surface area contributed by atoms with E-state index in [1.165, 1.54) is 6.33 Å². The normalized spacial score (nSPS) is 11.5. The third kappa shape index (κ3) is 3.64. The second kappa shape index (κ2) is 6.02. The second-order valence-electron chi connectivity index (χ2n) is 4.15. The number of halogens is 1. The average Bonchev–Trinajstić information content (AvgIpc) is 2.91. The van der Waals surface area contributed by atoms with E-state index in [0.717, 1.165) is 12.1 Å². The number of carboxylic acids is 1. The number of aromatic nitrogens is 2. The number of imidazole rings is 1. The highest BCUT2D eigenvalue weighted by Gasteiger charge is 2.20. The van der Waals surface area contributed by atoms with Crippen LogP contribution in [0.2, 0.25) is 0 Å². The van der Waals surface area contributed by atoms with Crippen molar-refractivity contribution < 1.29 is 22.7 Å². The molecule has 0 aliphatic carbocycles. The van der Waals surface area contributed by atoms with E-state index in [4.69, 9.17) is 5.11 Å². The number of hydrogen-bond acceptors (Lipinski definition) is 4. The zero-order valence-corrected chi connectivity index (χ0v) is 11.5. The maximum Gasteiger partial charge on any atom is 0.335 e. The van der Waals surface area contributed by atoms with Crippen LogP contribution in [-0.4, -0.2) is 35.6 Å². The summed E-state index contributed by atoms with van der Waals surface area (Å²) >= 11 is 0. The lowest BCUT2D eigenvalue weighted by Gasteiger charge is -2.08. The highest BCUT2D eigenvalue weighted by molar-refractivity contribution is 7.89. The lowest BCUT2D eigenvalue weighted by Crippen LogP contribution is -2.28. The Morgan fingerprint density at radius 2 is 2.19 bits per heavy atom. The van der Waals surface area contributed by atoms with E-state index >= 15 is 0 Å². The van der Waals surface area contributed by atoms with Crippen molar-refractivity contribution >= 4 is 16.0 Å². The Labute approximate surface area is 120 Å². The van der Waals surface area contributed by atoms with Crippen molar-refractivity contribution in [2.45, 2.75) is 11.4 Å². The third-order valence-corrected chi connectivity index (χ3v) is 4.18. The van der Waals surface area contributed by atoms with Crippen molar-refractivity contribution in [3.05, 3.63) is 48.3 Å². The summed E-state index contributed by atoms with van der Waals surface area (Å²) in [6, 6.07) is 2.64. The van der Waals surface area contributed by atoms with Gasteiger partial charge in [-0.25, -0.2) is 27.3 Å². The minimum atomic E-state index is -4.04. The van der Waals surface area contributed by atoms with E-state index in [1.807, 2.05) is 0 Å². The molecular weight excluding hydrogens is 301 g/mol. The Bertz CT molecular complexity index is 744. The predicted molar refractivity (Wildman–Crippen MR) is 70.8 cm³/mol. The summed E-state index contributed by atoms with van der Waals surface area (Å²) in [6.07, 6.45) is 4.74. The van der Waals surface area contributed by atoms with Gasteiger partial charge in [0.05, 0.1) is 11.9 Å². The Kier molecular flexibility index (Phi) is 4.34. The van der Waals surface area contributed by atoms with Gasteiger partial charge in [0, 0.05) is 25.5 Å². The van der Waals surface area contributed by atoms with Gasteiger partial charge in [-0.05, 0) is 18.2 Å². The molecular formula is C12H12FN3O4S. The Morgan fingerprint density at radius 3 is 2.76 bits per heavy atom. The fraction of sp³-hybridized carbons (Fsp3) is 0.167. The highest BCUT2D eigenvalue weighted by atomic mass is 32.2. The monoisotopic (exact) mass is 313 g/mol. The predicted octanol–water partition coefficient (Wildman–Crippen LogP) is 0.699. The van der Waals surface area contributed by atoms with Gasteiger partial charge in [-0.2, -0.15) is 0 Å². The topological polar surface area (TPSA) is 101 Å². The van der Waals surface area contributed by atoms with Gasteiger partial charge in [0.25, 0.3) is 0 Å². The molecule has 0 saturated heterocycles. The molecule has 112 valence electrons. The summed E-state index contributed by atoms with van der Waals surface area (Å²) in [4.78, 5) is 13.9. The van der Waals surface area contributed by atoms with Gasteiger partial charge < -0.3 is 9.67 Å². The molecule has 21 heavy (non-hydrogen) atoms. The maximum absolute atomic E-state index is 13.7. The SMILES string of the molecule is O=C(O)c1ccc(S(=O)(=O)NCCn2ccnc2)c(F)c1. The zero-order chi connectivity index (χ0) is 15.5. The summed E-state index contributed by atoms with van der Waals surface area (Å²) < 4.78 is 41.5. The van der Waals surface area contributed by atoms with E-state index in [0.29, 0.717) is 12.6 Å². The molecule has 2 rings (SSSR count). The molecule has 0 unspecified atom stereocenters. The molecule has 0 atom stereocenters. The molecule has 0 radical (unpaired) electrons. The fourth-order valence-electron chi connectivity index (χ4n) is 1.66. The van der Waals surface area contributed by atoms with Crippen LogP contribution < -0.4 is 4.72 Å². The molecule has 7 nitrogen and oxygen atoms in total. The van der Waals surface area contributed by atoms with E-state index < -0.39 is 26.7 Å². The van der Waals surface area contributed by atoms with Crippen molar-refractivity contribution in [2.75, 3.05) is 6.54 Å².